The van der Waals surface area contributed by atoms with Gasteiger partial charge in [0.1, 0.15) is 0 Å². The molecule has 16 heavy (non-hydrogen) atoms. The molecule has 0 aromatic heterocycles. The van der Waals surface area contributed by atoms with Crippen LogP contribution in [0.2, 0.25) is 5.02 Å². The molecular weight excluding hydrogens is 371 g/mol. The molecule has 0 radical (unpaired) electrons. The predicted molar refractivity (Wildman–Crippen MR) is 83.7 cm³/mol. The van der Waals surface area contributed by atoms with Crippen LogP contribution in [0.1, 0.15) is 12.0 Å². The van der Waals surface area contributed by atoms with E-state index >= 15 is 0 Å². The lowest BCUT2D eigenvalue weighted by atomic mass is 9.82. The molecule has 1 aromatic rings. The van der Waals surface area contributed by atoms with Crippen molar-refractivity contribution in [2.24, 2.45) is 0 Å². The smallest absolute Gasteiger partial charge is 0.0408 e. The fourth-order valence-electron chi connectivity index (χ4n) is 1.58. The average Bonchev–Trinajstić information content (AvgIpc) is 2.31. The molecule has 0 aliphatic rings. The van der Waals surface area contributed by atoms with Crippen LogP contribution in [0, 0.1) is 0 Å². The Kier molecular flexibility index (Phi) is 6.79. The van der Waals surface area contributed by atoms with E-state index in [9.17, 15) is 0 Å². The zero-order valence-corrected chi connectivity index (χ0v) is 13.9. The van der Waals surface area contributed by atoms with Crippen molar-refractivity contribution in [1.82, 2.24) is 0 Å². The molecule has 0 fully saturated rings. The fraction of sp³-hybridized carbons (Fsp3) is 0.500. The van der Waals surface area contributed by atoms with Crippen LogP contribution < -0.4 is 0 Å². The Morgan fingerprint density at radius 3 is 2.50 bits per heavy atom. The SMILES string of the molecule is CSCCC(CBr)(CBr)c1cccc(Cl)c1. The van der Waals surface area contributed by atoms with Crippen molar-refractivity contribution >= 4 is 55.2 Å². The third kappa shape index (κ3) is 3.66. The first kappa shape index (κ1) is 14.9. The molecule has 0 saturated heterocycles. The van der Waals surface area contributed by atoms with Crippen molar-refractivity contribution in [2.45, 2.75) is 11.8 Å². The van der Waals surface area contributed by atoms with Crippen molar-refractivity contribution in [3.05, 3.63) is 34.9 Å². The van der Waals surface area contributed by atoms with E-state index in [4.69, 9.17) is 11.6 Å². The number of hydrogen-bond donors (Lipinski definition) is 0. The van der Waals surface area contributed by atoms with Gasteiger partial charge in [0.2, 0.25) is 0 Å². The first-order valence-electron chi connectivity index (χ1n) is 5.05. The second-order valence-corrected chi connectivity index (χ2v) is 6.34. The van der Waals surface area contributed by atoms with E-state index in [-0.39, 0.29) is 5.41 Å². The Morgan fingerprint density at radius 1 is 1.31 bits per heavy atom. The van der Waals surface area contributed by atoms with Crippen molar-refractivity contribution in [3.8, 4) is 0 Å². The third-order valence-electron chi connectivity index (χ3n) is 2.73. The molecule has 0 saturated carbocycles. The number of thioether (sulfide) groups is 1. The molecule has 90 valence electrons. The molecule has 1 aromatic carbocycles. The van der Waals surface area contributed by atoms with Gasteiger partial charge in [-0.1, -0.05) is 55.6 Å². The van der Waals surface area contributed by atoms with Crippen LogP contribution in [-0.4, -0.2) is 22.7 Å². The Bertz CT molecular complexity index is 327. The van der Waals surface area contributed by atoms with Crippen LogP contribution in [0.5, 0.6) is 0 Å². The predicted octanol–water partition coefficient (Wildman–Crippen LogP) is 5.12. The molecule has 0 N–H and O–H groups in total. The van der Waals surface area contributed by atoms with Gasteiger partial charge in [-0.25, -0.2) is 0 Å². The van der Waals surface area contributed by atoms with Crippen molar-refractivity contribution in [2.75, 3.05) is 22.7 Å². The van der Waals surface area contributed by atoms with E-state index < -0.39 is 0 Å². The minimum absolute atomic E-state index is 0.147. The number of rotatable bonds is 6. The highest BCUT2D eigenvalue weighted by molar-refractivity contribution is 9.09. The van der Waals surface area contributed by atoms with Crippen LogP contribution in [0.15, 0.2) is 24.3 Å². The van der Waals surface area contributed by atoms with Gasteiger partial charge in [0.25, 0.3) is 0 Å². The summed E-state index contributed by atoms with van der Waals surface area (Å²) in [7, 11) is 0. The maximum Gasteiger partial charge on any atom is 0.0408 e. The first-order chi connectivity index (χ1) is 7.68. The van der Waals surface area contributed by atoms with Crippen LogP contribution >= 0.6 is 55.2 Å². The van der Waals surface area contributed by atoms with Crippen LogP contribution in [0.25, 0.3) is 0 Å². The molecule has 1 rings (SSSR count). The van der Waals surface area contributed by atoms with E-state index in [1.165, 1.54) is 5.56 Å². The molecule has 0 bridgehead atoms. The molecule has 0 aliphatic heterocycles. The second kappa shape index (κ2) is 7.30. The summed E-state index contributed by atoms with van der Waals surface area (Å²) in [6, 6.07) is 8.18. The highest BCUT2D eigenvalue weighted by Crippen LogP contribution is 2.34. The molecule has 0 nitrogen and oxygen atoms in total. The maximum absolute atomic E-state index is 6.06. The summed E-state index contributed by atoms with van der Waals surface area (Å²) in [6.07, 6.45) is 3.29. The Hall–Kier alpha value is 0.820. The van der Waals surface area contributed by atoms with Crippen molar-refractivity contribution in [3.63, 3.8) is 0 Å². The van der Waals surface area contributed by atoms with E-state index in [0.29, 0.717) is 0 Å². The van der Waals surface area contributed by atoms with Gasteiger partial charge in [0, 0.05) is 21.1 Å². The van der Waals surface area contributed by atoms with Crippen molar-refractivity contribution in [1.29, 1.82) is 0 Å². The molecule has 0 unspecified atom stereocenters. The standard InChI is InChI=1S/C12H15Br2ClS/c1-16-6-5-12(8-13,9-14)10-3-2-4-11(15)7-10/h2-4,7H,5-6,8-9H2,1H3. The van der Waals surface area contributed by atoms with Gasteiger partial charge in [0.05, 0.1) is 0 Å². The monoisotopic (exact) mass is 384 g/mol. The summed E-state index contributed by atoms with van der Waals surface area (Å²) in [6.45, 7) is 0. The lowest BCUT2D eigenvalue weighted by Crippen LogP contribution is -2.31. The van der Waals surface area contributed by atoms with Crippen LogP contribution in [0.4, 0.5) is 0 Å². The lowest BCUT2D eigenvalue weighted by molar-refractivity contribution is 0.539. The average molecular weight is 387 g/mol. The topological polar surface area (TPSA) is 0 Å². The third-order valence-corrected chi connectivity index (χ3v) is 5.73. The van der Waals surface area contributed by atoms with E-state index in [1.54, 1.807) is 0 Å². The zero-order chi connectivity index (χ0) is 12.0. The van der Waals surface area contributed by atoms with Gasteiger partial charge in [-0.2, -0.15) is 11.8 Å². The van der Waals surface area contributed by atoms with E-state index in [2.05, 4.69) is 50.2 Å². The normalized spacial score (nSPS) is 11.8. The maximum atomic E-state index is 6.06. The molecule has 0 atom stereocenters. The Morgan fingerprint density at radius 2 is 2.00 bits per heavy atom. The zero-order valence-electron chi connectivity index (χ0n) is 9.18. The first-order valence-corrected chi connectivity index (χ1v) is 9.07. The quantitative estimate of drug-likeness (QED) is 0.612. The number of hydrogen-bond acceptors (Lipinski definition) is 1. The van der Waals surface area contributed by atoms with Gasteiger partial charge < -0.3 is 0 Å². The highest BCUT2D eigenvalue weighted by Gasteiger charge is 2.29. The number of benzene rings is 1. The largest absolute Gasteiger partial charge is 0.165 e. The molecule has 0 spiro atoms. The Balaban J connectivity index is 2.99. The van der Waals surface area contributed by atoms with E-state index in [0.717, 1.165) is 27.9 Å². The summed E-state index contributed by atoms with van der Waals surface area (Å²) in [5, 5.41) is 2.71. The van der Waals surface area contributed by atoms with Gasteiger partial charge in [-0.05, 0) is 36.1 Å². The van der Waals surface area contributed by atoms with E-state index in [1.807, 2.05) is 23.9 Å². The molecule has 0 heterocycles. The number of alkyl halides is 2. The second-order valence-electron chi connectivity index (χ2n) is 3.80. The fourth-order valence-corrected chi connectivity index (χ4v) is 4.51. The lowest BCUT2D eigenvalue weighted by Gasteiger charge is -2.30. The molecule has 0 amide bonds. The summed E-state index contributed by atoms with van der Waals surface area (Å²) >= 11 is 15.2. The van der Waals surface area contributed by atoms with Crippen LogP contribution in [0.3, 0.4) is 0 Å². The molecule has 4 heteroatoms. The van der Waals surface area contributed by atoms with Gasteiger partial charge in [-0.15, -0.1) is 0 Å². The minimum atomic E-state index is 0.147. The summed E-state index contributed by atoms with van der Waals surface area (Å²) in [4.78, 5) is 0. The molecule has 0 aliphatic carbocycles. The van der Waals surface area contributed by atoms with Gasteiger partial charge in [0.15, 0.2) is 0 Å². The van der Waals surface area contributed by atoms with Crippen molar-refractivity contribution < 1.29 is 0 Å². The number of halogens is 3. The van der Waals surface area contributed by atoms with Gasteiger partial charge in [-0.3, -0.25) is 0 Å². The Labute approximate surface area is 124 Å². The summed E-state index contributed by atoms with van der Waals surface area (Å²) in [5.41, 5.74) is 1.45. The summed E-state index contributed by atoms with van der Waals surface area (Å²) < 4.78 is 0. The minimum Gasteiger partial charge on any atom is -0.165 e. The highest BCUT2D eigenvalue weighted by atomic mass is 79.9. The van der Waals surface area contributed by atoms with Gasteiger partial charge >= 0.3 is 0 Å². The molecular formula is C12H15Br2ClS. The van der Waals surface area contributed by atoms with Crippen LogP contribution in [-0.2, 0) is 5.41 Å². The summed E-state index contributed by atoms with van der Waals surface area (Å²) in [5.74, 6) is 1.16.